The molecule has 1 unspecified atom stereocenters. The van der Waals surface area contributed by atoms with Crippen molar-refractivity contribution in [3.8, 4) is 5.75 Å². The van der Waals surface area contributed by atoms with Gasteiger partial charge >= 0.3 is 0 Å². The second-order valence-electron chi connectivity index (χ2n) is 3.85. The van der Waals surface area contributed by atoms with Gasteiger partial charge in [0.25, 0.3) is 0 Å². The summed E-state index contributed by atoms with van der Waals surface area (Å²) in [6.07, 6.45) is -0.808. The first-order valence-corrected chi connectivity index (χ1v) is 6.18. The molecule has 2 aromatic rings. The minimum Gasteiger partial charge on any atom is -0.497 e. The minimum atomic E-state index is -0.808. The van der Waals surface area contributed by atoms with E-state index in [4.69, 9.17) is 4.74 Å². The highest BCUT2D eigenvalue weighted by atomic mass is 79.9. The van der Waals surface area contributed by atoms with Crippen molar-refractivity contribution in [1.82, 2.24) is 0 Å². The van der Waals surface area contributed by atoms with E-state index in [1.165, 1.54) is 6.07 Å². The van der Waals surface area contributed by atoms with Gasteiger partial charge in [0.1, 0.15) is 17.7 Å². The molecule has 0 amide bonds. The highest BCUT2D eigenvalue weighted by Gasteiger charge is 2.12. The quantitative estimate of drug-likeness (QED) is 0.937. The zero-order valence-electron chi connectivity index (χ0n) is 9.73. The molecule has 0 saturated heterocycles. The lowest BCUT2D eigenvalue weighted by Crippen LogP contribution is -2.00. The zero-order chi connectivity index (χ0) is 13.1. The van der Waals surface area contributed by atoms with Crippen LogP contribution in [-0.4, -0.2) is 12.2 Å². The van der Waals surface area contributed by atoms with Crippen molar-refractivity contribution < 1.29 is 14.2 Å². The molecule has 94 valence electrons. The van der Waals surface area contributed by atoms with Crippen LogP contribution in [0.25, 0.3) is 0 Å². The molecule has 0 aliphatic carbocycles. The Balaban J connectivity index is 2.34. The van der Waals surface area contributed by atoms with Crippen molar-refractivity contribution in [2.24, 2.45) is 0 Å². The summed E-state index contributed by atoms with van der Waals surface area (Å²) in [5.74, 6) is 0.323. The van der Waals surface area contributed by atoms with Gasteiger partial charge in [0, 0.05) is 0 Å². The molecule has 0 saturated carbocycles. The first kappa shape index (κ1) is 13.1. The van der Waals surface area contributed by atoms with E-state index in [2.05, 4.69) is 15.9 Å². The Morgan fingerprint density at radius 3 is 2.56 bits per heavy atom. The van der Waals surface area contributed by atoms with Crippen LogP contribution in [0.4, 0.5) is 4.39 Å². The van der Waals surface area contributed by atoms with E-state index in [-0.39, 0.29) is 5.82 Å². The summed E-state index contributed by atoms with van der Waals surface area (Å²) in [6, 6.07) is 11.6. The highest BCUT2D eigenvalue weighted by molar-refractivity contribution is 9.10. The predicted octanol–water partition coefficient (Wildman–Crippen LogP) is 3.68. The van der Waals surface area contributed by atoms with Gasteiger partial charge in [0.15, 0.2) is 0 Å². The van der Waals surface area contributed by atoms with Crippen molar-refractivity contribution in [1.29, 1.82) is 0 Å². The predicted molar refractivity (Wildman–Crippen MR) is 71.2 cm³/mol. The van der Waals surface area contributed by atoms with Gasteiger partial charge in [-0.2, -0.15) is 0 Å². The molecule has 1 atom stereocenters. The van der Waals surface area contributed by atoms with Crippen LogP contribution in [0, 0.1) is 5.82 Å². The number of ether oxygens (including phenoxy) is 1. The lowest BCUT2D eigenvalue weighted by atomic mass is 10.0. The first-order chi connectivity index (χ1) is 8.61. The van der Waals surface area contributed by atoms with Crippen LogP contribution < -0.4 is 4.74 Å². The Morgan fingerprint density at radius 2 is 1.89 bits per heavy atom. The van der Waals surface area contributed by atoms with Gasteiger partial charge in [-0.1, -0.05) is 18.2 Å². The van der Waals surface area contributed by atoms with Crippen molar-refractivity contribution in [2.45, 2.75) is 6.10 Å². The molecular weight excluding hydrogens is 299 g/mol. The van der Waals surface area contributed by atoms with Crippen LogP contribution in [0.2, 0.25) is 0 Å². The third-order valence-corrected chi connectivity index (χ3v) is 3.28. The number of methoxy groups -OCH3 is 1. The molecule has 0 aliphatic rings. The SMILES string of the molecule is COc1cccc(C(O)c2ccc(F)c(Br)c2)c1. The number of rotatable bonds is 3. The molecule has 0 aliphatic heterocycles. The fraction of sp³-hybridized carbons (Fsp3) is 0.143. The van der Waals surface area contributed by atoms with Gasteiger partial charge in [0.05, 0.1) is 11.6 Å². The molecule has 0 heterocycles. The van der Waals surface area contributed by atoms with Gasteiger partial charge in [0.2, 0.25) is 0 Å². The van der Waals surface area contributed by atoms with Crippen LogP contribution >= 0.6 is 15.9 Å². The highest BCUT2D eigenvalue weighted by Crippen LogP contribution is 2.27. The zero-order valence-corrected chi connectivity index (χ0v) is 11.3. The fourth-order valence-electron chi connectivity index (χ4n) is 1.69. The first-order valence-electron chi connectivity index (χ1n) is 5.39. The Labute approximate surface area is 113 Å². The third-order valence-electron chi connectivity index (χ3n) is 2.67. The third kappa shape index (κ3) is 2.71. The van der Waals surface area contributed by atoms with E-state index in [1.807, 2.05) is 0 Å². The monoisotopic (exact) mass is 310 g/mol. The van der Waals surface area contributed by atoms with E-state index in [0.29, 0.717) is 21.3 Å². The molecule has 1 N–H and O–H groups in total. The molecule has 0 spiro atoms. The smallest absolute Gasteiger partial charge is 0.137 e. The van der Waals surface area contributed by atoms with Gasteiger partial charge < -0.3 is 9.84 Å². The standard InChI is InChI=1S/C14H12BrFO2/c1-18-11-4-2-3-9(7-11)14(17)10-5-6-13(16)12(15)8-10/h2-8,14,17H,1H3. The molecule has 2 aromatic carbocycles. The van der Waals surface area contributed by atoms with Gasteiger partial charge in [-0.15, -0.1) is 0 Å². The molecule has 18 heavy (non-hydrogen) atoms. The average Bonchev–Trinajstić information content (AvgIpc) is 2.41. The van der Waals surface area contributed by atoms with E-state index >= 15 is 0 Å². The molecule has 0 bridgehead atoms. The number of aliphatic hydroxyl groups excluding tert-OH is 1. The maximum atomic E-state index is 13.1. The normalized spacial score (nSPS) is 12.2. The Hall–Kier alpha value is -1.39. The molecule has 0 aromatic heterocycles. The van der Waals surface area contributed by atoms with Gasteiger partial charge in [-0.05, 0) is 51.3 Å². The molecule has 2 nitrogen and oxygen atoms in total. The van der Waals surface area contributed by atoms with Crippen molar-refractivity contribution >= 4 is 15.9 Å². The summed E-state index contributed by atoms with van der Waals surface area (Å²) in [5, 5.41) is 10.2. The maximum absolute atomic E-state index is 13.1. The number of benzene rings is 2. The van der Waals surface area contributed by atoms with Crippen LogP contribution in [0.15, 0.2) is 46.9 Å². The van der Waals surface area contributed by atoms with Crippen molar-refractivity contribution in [3.63, 3.8) is 0 Å². The lowest BCUT2D eigenvalue weighted by Gasteiger charge is -2.13. The average molecular weight is 311 g/mol. The number of hydrogen-bond acceptors (Lipinski definition) is 2. The molecule has 0 fully saturated rings. The minimum absolute atomic E-state index is 0.335. The topological polar surface area (TPSA) is 29.5 Å². The molecular formula is C14H12BrFO2. The van der Waals surface area contributed by atoms with Crippen LogP contribution in [0.1, 0.15) is 17.2 Å². The summed E-state index contributed by atoms with van der Waals surface area (Å²) in [4.78, 5) is 0. The fourth-order valence-corrected chi connectivity index (χ4v) is 2.08. The van der Waals surface area contributed by atoms with Gasteiger partial charge in [-0.25, -0.2) is 4.39 Å². The van der Waals surface area contributed by atoms with Crippen LogP contribution in [0.5, 0.6) is 5.75 Å². The van der Waals surface area contributed by atoms with Crippen molar-refractivity contribution in [2.75, 3.05) is 7.11 Å². The van der Waals surface area contributed by atoms with E-state index in [0.717, 1.165) is 0 Å². The summed E-state index contributed by atoms with van der Waals surface area (Å²) in [6.45, 7) is 0. The Bertz CT molecular complexity index is 557. The number of hydrogen-bond donors (Lipinski definition) is 1. The summed E-state index contributed by atoms with van der Waals surface area (Å²) >= 11 is 3.10. The Kier molecular flexibility index (Phi) is 3.99. The lowest BCUT2D eigenvalue weighted by molar-refractivity contribution is 0.219. The second kappa shape index (κ2) is 5.50. The van der Waals surface area contributed by atoms with Crippen LogP contribution in [0.3, 0.4) is 0 Å². The maximum Gasteiger partial charge on any atom is 0.137 e. The summed E-state index contributed by atoms with van der Waals surface area (Å²) in [5.41, 5.74) is 1.32. The van der Waals surface area contributed by atoms with Crippen molar-refractivity contribution in [3.05, 3.63) is 63.9 Å². The van der Waals surface area contributed by atoms with Crippen LogP contribution in [-0.2, 0) is 0 Å². The van der Waals surface area contributed by atoms with E-state index in [9.17, 15) is 9.50 Å². The Morgan fingerprint density at radius 1 is 1.17 bits per heavy atom. The molecule has 2 rings (SSSR count). The number of aliphatic hydroxyl groups is 1. The largest absolute Gasteiger partial charge is 0.497 e. The van der Waals surface area contributed by atoms with E-state index < -0.39 is 6.10 Å². The van der Waals surface area contributed by atoms with E-state index in [1.54, 1.807) is 43.5 Å². The second-order valence-corrected chi connectivity index (χ2v) is 4.71. The summed E-state index contributed by atoms with van der Waals surface area (Å²) < 4.78 is 18.6. The van der Waals surface area contributed by atoms with Gasteiger partial charge in [-0.3, -0.25) is 0 Å². The summed E-state index contributed by atoms with van der Waals surface area (Å²) in [7, 11) is 1.57. The number of halogens is 2. The molecule has 0 radical (unpaired) electrons. The molecule has 4 heteroatoms.